The first kappa shape index (κ1) is 12.9. The van der Waals surface area contributed by atoms with Gasteiger partial charge in [-0.05, 0) is 13.8 Å². The maximum Gasteiger partial charge on any atom is 0.460 e. The molecule has 0 amide bonds. The van der Waals surface area contributed by atoms with Gasteiger partial charge in [0.15, 0.2) is 0 Å². The Kier molecular flexibility index (Phi) is 7.22. The van der Waals surface area contributed by atoms with Crippen molar-refractivity contribution in [3.8, 4) is 0 Å². The van der Waals surface area contributed by atoms with Gasteiger partial charge in [-0.15, -0.1) is 0 Å². The van der Waals surface area contributed by atoms with Gasteiger partial charge in [-0.2, -0.15) is 0 Å². The molecule has 13 heavy (non-hydrogen) atoms. The first-order valence-corrected chi connectivity index (χ1v) is 7.07. The maximum absolute atomic E-state index is 11.1. The lowest BCUT2D eigenvalue weighted by molar-refractivity contribution is -0.113. The van der Waals surface area contributed by atoms with Gasteiger partial charge in [0.2, 0.25) is 0 Å². The summed E-state index contributed by atoms with van der Waals surface area (Å²) in [7, 11) is 0. The van der Waals surface area contributed by atoms with Crippen LogP contribution in [0.2, 0.25) is 5.28 Å². The highest BCUT2D eigenvalue weighted by Crippen LogP contribution is 2.07. The van der Waals surface area contributed by atoms with Crippen LogP contribution in [0.1, 0.15) is 46.5 Å². The van der Waals surface area contributed by atoms with E-state index in [-0.39, 0.29) is 9.29 Å². The van der Waals surface area contributed by atoms with E-state index in [1.807, 2.05) is 0 Å². The van der Waals surface area contributed by atoms with Gasteiger partial charge in [0.1, 0.15) is 0 Å². The van der Waals surface area contributed by atoms with Gasteiger partial charge >= 0.3 is 14.1 Å². The molecule has 0 fully saturated rings. The van der Waals surface area contributed by atoms with E-state index in [1.165, 1.54) is 19.3 Å². The standard InChI is InChI=1S/C6H13.2C2H3O.Al/c1-3-5-6-4-2;2*1-2-3;/h1,3-6H2,2H3;2*1H3;. The van der Waals surface area contributed by atoms with Gasteiger partial charge in [0, 0.05) is 0 Å². The molecule has 0 heterocycles. The highest BCUT2D eigenvalue weighted by atomic mass is 27.2. The summed E-state index contributed by atoms with van der Waals surface area (Å²) in [5.74, 6) is 0. The monoisotopic (exact) mass is 198 g/mol. The lowest BCUT2D eigenvalue weighted by Gasteiger charge is -2.03. The molecule has 0 saturated heterocycles. The third-order valence-corrected chi connectivity index (χ3v) is 5.28. The SMILES string of the molecule is CCCCC[CH2][Al]([C](C)=O)[C](C)=O. The van der Waals surface area contributed by atoms with Crippen molar-refractivity contribution in [1.29, 1.82) is 0 Å². The molecule has 0 aliphatic rings. The molecular formula is C10H19AlO2. The summed E-state index contributed by atoms with van der Waals surface area (Å²) < 4.78 is 0.313. The van der Waals surface area contributed by atoms with Crippen LogP contribution < -0.4 is 0 Å². The lowest BCUT2D eigenvalue weighted by Crippen LogP contribution is -2.31. The molecule has 3 heteroatoms. The predicted octanol–water partition coefficient (Wildman–Crippen LogP) is 2.32. The Morgan fingerprint density at radius 1 is 1.00 bits per heavy atom. The van der Waals surface area contributed by atoms with Crippen LogP contribution in [0.15, 0.2) is 0 Å². The minimum Gasteiger partial charge on any atom is -0.320 e. The van der Waals surface area contributed by atoms with Crippen LogP contribution in [0.4, 0.5) is 0 Å². The number of unbranched alkanes of at least 4 members (excludes halogenated alkanes) is 3. The summed E-state index contributed by atoms with van der Waals surface area (Å²) in [5, 5.41) is 0.880. The topological polar surface area (TPSA) is 34.1 Å². The second kappa shape index (κ2) is 7.29. The van der Waals surface area contributed by atoms with E-state index in [4.69, 9.17) is 0 Å². The van der Waals surface area contributed by atoms with Crippen LogP contribution in [-0.4, -0.2) is 23.4 Å². The first-order valence-electron chi connectivity index (χ1n) is 5.10. The molecule has 0 saturated carbocycles. The van der Waals surface area contributed by atoms with Crippen molar-refractivity contribution >= 4 is 23.4 Å². The molecule has 74 valence electrons. The van der Waals surface area contributed by atoms with Crippen molar-refractivity contribution in [3.05, 3.63) is 0 Å². The first-order chi connectivity index (χ1) is 6.09. The summed E-state index contributed by atoms with van der Waals surface area (Å²) >= 11 is -1.70. The fourth-order valence-electron chi connectivity index (χ4n) is 1.47. The van der Waals surface area contributed by atoms with Crippen molar-refractivity contribution in [2.24, 2.45) is 0 Å². The molecule has 0 aliphatic carbocycles. The van der Waals surface area contributed by atoms with Crippen molar-refractivity contribution < 1.29 is 9.59 Å². The summed E-state index contributed by atoms with van der Waals surface area (Å²) in [4.78, 5) is 22.2. The van der Waals surface area contributed by atoms with E-state index in [2.05, 4.69) is 6.92 Å². The Hall–Kier alpha value is -0.128. The van der Waals surface area contributed by atoms with Gasteiger partial charge in [-0.3, -0.25) is 0 Å². The molecule has 0 atom stereocenters. The van der Waals surface area contributed by atoms with Gasteiger partial charge in [0.05, 0.1) is 9.29 Å². The van der Waals surface area contributed by atoms with E-state index < -0.39 is 14.1 Å². The molecule has 0 spiro atoms. The Morgan fingerprint density at radius 2 is 1.54 bits per heavy atom. The zero-order chi connectivity index (χ0) is 10.3. The Morgan fingerprint density at radius 3 is 1.92 bits per heavy atom. The van der Waals surface area contributed by atoms with E-state index in [1.54, 1.807) is 13.8 Å². The summed E-state index contributed by atoms with van der Waals surface area (Å²) in [6.45, 7) is 5.29. The van der Waals surface area contributed by atoms with E-state index in [0.29, 0.717) is 0 Å². The van der Waals surface area contributed by atoms with Crippen molar-refractivity contribution in [2.45, 2.75) is 51.7 Å². The molecule has 0 N–H and O–H groups in total. The molecule has 0 aromatic heterocycles. The van der Waals surface area contributed by atoms with Gasteiger partial charge in [-0.1, -0.05) is 37.9 Å². The molecule has 0 aliphatic heterocycles. The highest BCUT2D eigenvalue weighted by Gasteiger charge is 2.28. The van der Waals surface area contributed by atoms with E-state index in [9.17, 15) is 9.59 Å². The average Bonchev–Trinajstić information content (AvgIpc) is 2.02. The Bertz CT molecular complexity index is 164. The molecule has 2 nitrogen and oxygen atoms in total. The van der Waals surface area contributed by atoms with Crippen LogP contribution in [0, 0.1) is 0 Å². The molecule has 0 aromatic rings. The number of rotatable bonds is 7. The normalized spacial score (nSPS) is 9.77. The fourth-order valence-corrected chi connectivity index (χ4v) is 3.55. The van der Waals surface area contributed by atoms with Crippen molar-refractivity contribution in [3.63, 3.8) is 0 Å². The largest absolute Gasteiger partial charge is 0.460 e. The van der Waals surface area contributed by atoms with E-state index >= 15 is 0 Å². The molecule has 0 radical (unpaired) electrons. The average molecular weight is 198 g/mol. The van der Waals surface area contributed by atoms with E-state index in [0.717, 1.165) is 11.7 Å². The minimum absolute atomic E-state index is 0.156. The summed E-state index contributed by atoms with van der Waals surface area (Å²) in [5.41, 5.74) is 0. The zero-order valence-corrected chi connectivity index (χ0v) is 10.1. The smallest absolute Gasteiger partial charge is 0.320 e. The van der Waals surface area contributed by atoms with Crippen molar-refractivity contribution in [1.82, 2.24) is 0 Å². The highest BCUT2D eigenvalue weighted by molar-refractivity contribution is 7.10. The third-order valence-electron chi connectivity index (χ3n) is 2.33. The van der Waals surface area contributed by atoms with Crippen LogP contribution in [-0.2, 0) is 9.59 Å². The van der Waals surface area contributed by atoms with Crippen molar-refractivity contribution in [2.75, 3.05) is 0 Å². The molecule has 0 unspecified atom stereocenters. The van der Waals surface area contributed by atoms with Crippen LogP contribution in [0.25, 0.3) is 0 Å². The Labute approximate surface area is 85.1 Å². The fraction of sp³-hybridized carbons (Fsp3) is 0.800. The third kappa shape index (κ3) is 6.01. The number of hydrogen-bond donors (Lipinski definition) is 0. The summed E-state index contributed by atoms with van der Waals surface area (Å²) in [6.07, 6.45) is 4.65. The summed E-state index contributed by atoms with van der Waals surface area (Å²) in [6, 6.07) is 0. The molecule has 0 bridgehead atoms. The number of hydrogen-bond acceptors (Lipinski definition) is 2. The second-order valence-electron chi connectivity index (χ2n) is 3.62. The van der Waals surface area contributed by atoms with Gasteiger partial charge in [-0.25, -0.2) is 0 Å². The van der Waals surface area contributed by atoms with Crippen LogP contribution >= 0.6 is 0 Å². The Balaban J connectivity index is 3.71. The quantitative estimate of drug-likeness (QED) is 0.464. The van der Waals surface area contributed by atoms with Crippen LogP contribution in [0.5, 0.6) is 0 Å². The number of carbonyl (C=O) groups is 2. The molecular weight excluding hydrogens is 179 g/mol. The van der Waals surface area contributed by atoms with Gasteiger partial charge in [0.25, 0.3) is 0 Å². The lowest BCUT2D eigenvalue weighted by atomic mass is 10.2. The zero-order valence-electron chi connectivity index (χ0n) is 8.93. The van der Waals surface area contributed by atoms with Gasteiger partial charge < -0.3 is 9.59 Å². The minimum atomic E-state index is -1.70. The molecule has 0 aromatic carbocycles. The maximum atomic E-state index is 11.1. The predicted molar refractivity (Wildman–Crippen MR) is 56.1 cm³/mol. The second-order valence-corrected chi connectivity index (χ2v) is 6.93. The molecule has 0 rings (SSSR count). The number of carbonyl (C=O) groups excluding carboxylic acids is 2. The van der Waals surface area contributed by atoms with Crippen LogP contribution in [0.3, 0.4) is 0 Å².